The van der Waals surface area contributed by atoms with Crippen molar-refractivity contribution in [3.63, 3.8) is 0 Å². The number of nitrogens with zero attached hydrogens (tertiary/aromatic N) is 1. The van der Waals surface area contributed by atoms with Gasteiger partial charge in [-0.15, -0.1) is 0 Å². The van der Waals surface area contributed by atoms with Gasteiger partial charge in [0, 0.05) is 0 Å². The van der Waals surface area contributed by atoms with Gasteiger partial charge >= 0.3 is 0 Å². The lowest BCUT2D eigenvalue weighted by molar-refractivity contribution is -0.194. The molecule has 0 N–H and O–H groups in total. The molecule has 0 fully saturated rings. The van der Waals surface area contributed by atoms with Crippen molar-refractivity contribution in [1.82, 2.24) is 0 Å². The van der Waals surface area contributed by atoms with Gasteiger partial charge in [-0.2, -0.15) is 10.1 Å². The van der Waals surface area contributed by atoms with Crippen molar-refractivity contribution >= 4 is 0 Å². The maximum atomic E-state index is 8.09. The van der Waals surface area contributed by atoms with Crippen molar-refractivity contribution in [2.24, 2.45) is 0 Å². The van der Waals surface area contributed by atoms with Gasteiger partial charge in [0.05, 0.1) is 6.07 Å². The van der Waals surface area contributed by atoms with Crippen molar-refractivity contribution in [3.8, 4) is 11.8 Å². The van der Waals surface area contributed by atoms with E-state index in [0.717, 1.165) is 0 Å². The van der Waals surface area contributed by atoms with Gasteiger partial charge in [-0.3, -0.25) is 0 Å². The van der Waals surface area contributed by atoms with E-state index in [-0.39, 0.29) is 6.61 Å². The molecular weight excluding hydrogens is 142 g/mol. The highest BCUT2D eigenvalue weighted by Crippen LogP contribution is 2.07. The lowest BCUT2D eigenvalue weighted by atomic mass is 10.3. The number of nitriles is 1. The summed E-state index contributed by atoms with van der Waals surface area (Å²) in [6, 6.07) is 10.8. The van der Waals surface area contributed by atoms with Gasteiger partial charge in [-0.25, -0.2) is 0 Å². The van der Waals surface area contributed by atoms with E-state index in [9.17, 15) is 0 Å². The standard InChI is InChI=1S/C8H7NO2/c9-6-7-10-11-8-4-2-1-3-5-8/h1-5H,7H2. The molecule has 0 unspecified atom stereocenters. The van der Waals surface area contributed by atoms with Gasteiger partial charge < -0.3 is 4.89 Å². The van der Waals surface area contributed by atoms with Crippen molar-refractivity contribution in [3.05, 3.63) is 30.3 Å². The molecule has 0 saturated carbocycles. The number of hydrogen-bond donors (Lipinski definition) is 0. The van der Waals surface area contributed by atoms with Crippen LogP contribution in [0.25, 0.3) is 0 Å². The van der Waals surface area contributed by atoms with Crippen LogP contribution in [-0.4, -0.2) is 6.61 Å². The summed E-state index contributed by atoms with van der Waals surface area (Å²) in [6.45, 7) is -0.0606. The predicted octanol–water partition coefficient (Wildman–Crippen LogP) is 1.52. The Morgan fingerprint density at radius 3 is 2.64 bits per heavy atom. The van der Waals surface area contributed by atoms with Gasteiger partial charge in [-0.1, -0.05) is 18.2 Å². The van der Waals surface area contributed by atoms with Crippen LogP contribution in [0, 0.1) is 11.3 Å². The fourth-order valence-electron chi connectivity index (χ4n) is 0.600. The molecule has 3 heteroatoms. The average molecular weight is 149 g/mol. The first-order valence-electron chi connectivity index (χ1n) is 3.15. The minimum absolute atomic E-state index is 0.0606. The number of hydrogen-bond acceptors (Lipinski definition) is 3. The molecule has 56 valence electrons. The van der Waals surface area contributed by atoms with Crippen molar-refractivity contribution in [2.75, 3.05) is 6.61 Å². The van der Waals surface area contributed by atoms with Crippen LogP contribution in [-0.2, 0) is 4.89 Å². The monoisotopic (exact) mass is 149 g/mol. The number of rotatable bonds is 3. The van der Waals surface area contributed by atoms with Gasteiger partial charge in [-0.05, 0) is 12.1 Å². The third-order valence-electron chi connectivity index (χ3n) is 1.02. The Morgan fingerprint density at radius 1 is 1.27 bits per heavy atom. The van der Waals surface area contributed by atoms with E-state index in [2.05, 4.69) is 4.89 Å². The van der Waals surface area contributed by atoms with Gasteiger partial charge in [0.2, 0.25) is 0 Å². The second kappa shape index (κ2) is 4.31. The number of para-hydroxylation sites is 1. The third-order valence-corrected chi connectivity index (χ3v) is 1.02. The summed E-state index contributed by atoms with van der Waals surface area (Å²) in [5, 5.41) is 8.09. The molecule has 0 radical (unpaired) electrons. The summed E-state index contributed by atoms with van der Waals surface area (Å²) >= 11 is 0. The van der Waals surface area contributed by atoms with Crippen LogP contribution in [0.2, 0.25) is 0 Å². The van der Waals surface area contributed by atoms with Gasteiger partial charge in [0.25, 0.3) is 0 Å². The SMILES string of the molecule is N#CCOOc1ccccc1. The van der Waals surface area contributed by atoms with E-state index in [1.165, 1.54) is 0 Å². The van der Waals surface area contributed by atoms with E-state index in [4.69, 9.17) is 10.1 Å². The molecule has 0 bridgehead atoms. The molecule has 3 nitrogen and oxygen atoms in total. The topological polar surface area (TPSA) is 42.2 Å². The maximum absolute atomic E-state index is 8.09. The summed E-state index contributed by atoms with van der Waals surface area (Å²) in [5.74, 6) is 0.600. The van der Waals surface area contributed by atoms with E-state index in [0.29, 0.717) is 5.75 Å². The van der Waals surface area contributed by atoms with Crippen LogP contribution in [0.5, 0.6) is 5.75 Å². The van der Waals surface area contributed by atoms with E-state index < -0.39 is 0 Å². The Balaban J connectivity index is 2.35. The van der Waals surface area contributed by atoms with Crippen LogP contribution in [0.3, 0.4) is 0 Å². The lowest BCUT2D eigenvalue weighted by Crippen LogP contribution is -1.96. The minimum Gasteiger partial charge on any atom is -0.337 e. The Hall–Kier alpha value is -1.53. The summed E-state index contributed by atoms with van der Waals surface area (Å²) in [6.07, 6.45) is 0. The lowest BCUT2D eigenvalue weighted by Gasteiger charge is -1.99. The molecule has 0 aliphatic carbocycles. The highest BCUT2D eigenvalue weighted by atomic mass is 17.2. The summed E-state index contributed by atoms with van der Waals surface area (Å²) in [7, 11) is 0. The average Bonchev–Trinajstić information content (AvgIpc) is 2.07. The normalized spacial score (nSPS) is 8.64. The summed E-state index contributed by atoms with van der Waals surface area (Å²) in [4.78, 5) is 9.23. The van der Waals surface area contributed by atoms with Crippen molar-refractivity contribution < 1.29 is 9.78 Å². The molecule has 0 amide bonds. The van der Waals surface area contributed by atoms with Gasteiger partial charge in [0.1, 0.15) is 0 Å². The first-order chi connectivity index (χ1) is 5.43. The summed E-state index contributed by atoms with van der Waals surface area (Å²) in [5.41, 5.74) is 0. The molecule has 1 aromatic rings. The molecule has 1 rings (SSSR count). The van der Waals surface area contributed by atoms with E-state index >= 15 is 0 Å². The molecular formula is C8H7NO2. The van der Waals surface area contributed by atoms with Gasteiger partial charge in [0.15, 0.2) is 12.4 Å². The smallest absolute Gasteiger partial charge is 0.180 e. The minimum atomic E-state index is -0.0606. The van der Waals surface area contributed by atoms with E-state index in [1.54, 1.807) is 18.2 Å². The Labute approximate surface area is 64.7 Å². The van der Waals surface area contributed by atoms with Crippen LogP contribution >= 0.6 is 0 Å². The third kappa shape index (κ3) is 2.70. The molecule has 0 spiro atoms. The zero-order chi connectivity index (χ0) is 7.94. The molecule has 0 atom stereocenters. The highest BCUT2D eigenvalue weighted by Gasteiger charge is 1.89. The maximum Gasteiger partial charge on any atom is 0.180 e. The molecule has 11 heavy (non-hydrogen) atoms. The fourth-order valence-corrected chi connectivity index (χ4v) is 0.600. The second-order valence-corrected chi connectivity index (χ2v) is 1.82. The first kappa shape index (κ1) is 7.58. The largest absolute Gasteiger partial charge is 0.337 e. The van der Waals surface area contributed by atoms with Crippen LogP contribution in [0.15, 0.2) is 30.3 Å². The molecule has 1 aromatic carbocycles. The van der Waals surface area contributed by atoms with Crippen LogP contribution in [0.1, 0.15) is 0 Å². The fraction of sp³-hybridized carbons (Fsp3) is 0.125. The quantitative estimate of drug-likeness (QED) is 0.371. The molecule has 0 aliphatic heterocycles. The molecule has 0 aliphatic rings. The Morgan fingerprint density at radius 2 is 2.00 bits per heavy atom. The zero-order valence-corrected chi connectivity index (χ0v) is 5.86. The zero-order valence-electron chi connectivity index (χ0n) is 5.86. The number of benzene rings is 1. The molecule has 0 heterocycles. The second-order valence-electron chi connectivity index (χ2n) is 1.82. The predicted molar refractivity (Wildman–Crippen MR) is 38.6 cm³/mol. The van der Waals surface area contributed by atoms with Crippen molar-refractivity contribution in [2.45, 2.75) is 0 Å². The first-order valence-corrected chi connectivity index (χ1v) is 3.15. The van der Waals surface area contributed by atoms with Crippen LogP contribution in [0.4, 0.5) is 0 Å². The Bertz CT molecular complexity index is 240. The molecule has 0 saturated heterocycles. The Kier molecular flexibility index (Phi) is 2.97. The van der Waals surface area contributed by atoms with E-state index in [1.807, 2.05) is 18.2 Å². The van der Waals surface area contributed by atoms with Crippen LogP contribution < -0.4 is 4.89 Å². The highest BCUT2D eigenvalue weighted by molar-refractivity contribution is 5.20. The van der Waals surface area contributed by atoms with Crippen molar-refractivity contribution in [1.29, 1.82) is 5.26 Å². The molecule has 0 aromatic heterocycles. The summed E-state index contributed by atoms with van der Waals surface area (Å²) < 4.78 is 0.